The fourth-order valence-electron chi connectivity index (χ4n) is 1.43. The number of nitrogens with zero attached hydrogens (tertiary/aromatic N) is 1. The van der Waals surface area contributed by atoms with E-state index in [1.54, 1.807) is 12.1 Å². The predicted molar refractivity (Wildman–Crippen MR) is 51.2 cm³/mol. The van der Waals surface area contributed by atoms with Gasteiger partial charge in [0, 0.05) is 6.54 Å². The van der Waals surface area contributed by atoms with Crippen LogP contribution < -0.4 is 16.2 Å². The molecule has 4 nitrogen and oxygen atoms in total. The van der Waals surface area contributed by atoms with E-state index in [2.05, 4.69) is 5.43 Å². The summed E-state index contributed by atoms with van der Waals surface area (Å²) in [6, 6.07) is 7.06. The van der Waals surface area contributed by atoms with Gasteiger partial charge in [-0.25, -0.2) is 5.43 Å². The number of hydrazine groups is 1. The number of hydrogen-bond donors (Lipinski definition) is 3. The molecule has 13 heavy (non-hydrogen) atoms. The summed E-state index contributed by atoms with van der Waals surface area (Å²) in [5.41, 5.74) is 9.84. The summed E-state index contributed by atoms with van der Waals surface area (Å²) in [6.45, 7) is 0.909. The van der Waals surface area contributed by atoms with E-state index in [9.17, 15) is 0 Å². The van der Waals surface area contributed by atoms with Gasteiger partial charge in [0.1, 0.15) is 5.75 Å². The van der Waals surface area contributed by atoms with Crippen molar-refractivity contribution >= 4 is 5.69 Å². The minimum atomic E-state index is 0.0498. The molecule has 0 saturated carbocycles. The van der Waals surface area contributed by atoms with E-state index in [1.807, 2.05) is 17.1 Å². The fourth-order valence-corrected chi connectivity index (χ4v) is 1.43. The van der Waals surface area contributed by atoms with Crippen molar-refractivity contribution in [3.63, 3.8) is 0 Å². The molecule has 0 amide bonds. The van der Waals surface area contributed by atoms with Gasteiger partial charge in [0.2, 0.25) is 0 Å². The Hall–Kier alpha value is -1.26. The lowest BCUT2D eigenvalue weighted by Crippen LogP contribution is -2.39. The van der Waals surface area contributed by atoms with Crippen LogP contribution in [-0.2, 0) is 0 Å². The molecule has 0 radical (unpaired) electrons. The second-order valence-corrected chi connectivity index (χ2v) is 3.19. The normalized spacial score (nSPS) is 22.2. The van der Waals surface area contributed by atoms with Crippen LogP contribution >= 0.6 is 0 Å². The lowest BCUT2D eigenvalue weighted by molar-refractivity contribution is 0.475. The Morgan fingerprint density at radius 2 is 2.08 bits per heavy atom. The van der Waals surface area contributed by atoms with E-state index >= 15 is 0 Å². The molecule has 1 saturated heterocycles. The molecule has 1 aromatic carbocycles. The van der Waals surface area contributed by atoms with Crippen molar-refractivity contribution < 1.29 is 5.11 Å². The Morgan fingerprint density at radius 3 is 2.62 bits per heavy atom. The first-order chi connectivity index (χ1) is 6.25. The molecule has 70 valence electrons. The molecule has 1 atom stereocenters. The van der Waals surface area contributed by atoms with Gasteiger partial charge in [-0.1, -0.05) is 0 Å². The van der Waals surface area contributed by atoms with Gasteiger partial charge in [0.25, 0.3) is 0 Å². The lowest BCUT2D eigenvalue weighted by atomic mass is 10.3. The SMILES string of the molecule is NC1CCN(c2ccc(O)cc2)N1. The van der Waals surface area contributed by atoms with E-state index in [-0.39, 0.29) is 11.9 Å². The first-order valence-corrected chi connectivity index (χ1v) is 4.34. The summed E-state index contributed by atoms with van der Waals surface area (Å²) in [5, 5.41) is 11.1. The number of phenols is 1. The average molecular weight is 179 g/mol. The summed E-state index contributed by atoms with van der Waals surface area (Å²) in [6.07, 6.45) is 0.995. The Labute approximate surface area is 76.9 Å². The molecule has 1 aliphatic rings. The van der Waals surface area contributed by atoms with E-state index in [1.165, 1.54) is 0 Å². The molecule has 0 spiro atoms. The van der Waals surface area contributed by atoms with Crippen LogP contribution in [0, 0.1) is 0 Å². The number of rotatable bonds is 1. The zero-order chi connectivity index (χ0) is 9.26. The van der Waals surface area contributed by atoms with Gasteiger partial charge in [0.15, 0.2) is 0 Å². The van der Waals surface area contributed by atoms with Crippen molar-refractivity contribution in [2.75, 3.05) is 11.6 Å². The van der Waals surface area contributed by atoms with Gasteiger partial charge in [-0.3, -0.25) is 0 Å². The van der Waals surface area contributed by atoms with E-state index in [0.29, 0.717) is 0 Å². The molecule has 0 aliphatic carbocycles. The second kappa shape index (κ2) is 3.24. The number of hydrogen-bond acceptors (Lipinski definition) is 4. The number of nitrogens with two attached hydrogens (primary N) is 1. The molecule has 4 heteroatoms. The van der Waals surface area contributed by atoms with Crippen LogP contribution in [0.15, 0.2) is 24.3 Å². The summed E-state index contributed by atoms with van der Waals surface area (Å²) in [7, 11) is 0. The zero-order valence-electron chi connectivity index (χ0n) is 7.27. The lowest BCUT2D eigenvalue weighted by Gasteiger charge is -2.18. The zero-order valence-corrected chi connectivity index (χ0v) is 7.27. The maximum absolute atomic E-state index is 9.09. The van der Waals surface area contributed by atoms with Crippen molar-refractivity contribution in [2.24, 2.45) is 5.73 Å². The number of anilines is 1. The van der Waals surface area contributed by atoms with Gasteiger partial charge in [-0.05, 0) is 30.7 Å². The van der Waals surface area contributed by atoms with Gasteiger partial charge < -0.3 is 15.8 Å². The van der Waals surface area contributed by atoms with Gasteiger partial charge in [0.05, 0.1) is 11.9 Å². The minimum Gasteiger partial charge on any atom is -0.508 e. The largest absolute Gasteiger partial charge is 0.508 e. The van der Waals surface area contributed by atoms with E-state index < -0.39 is 0 Å². The molecule has 1 aliphatic heterocycles. The molecule has 1 aromatic rings. The Kier molecular flexibility index (Phi) is 2.08. The highest BCUT2D eigenvalue weighted by Crippen LogP contribution is 2.19. The third-order valence-electron chi connectivity index (χ3n) is 2.15. The van der Waals surface area contributed by atoms with Gasteiger partial charge >= 0.3 is 0 Å². The van der Waals surface area contributed by atoms with Crippen LogP contribution in [0.1, 0.15) is 6.42 Å². The molecule has 1 fully saturated rings. The van der Waals surface area contributed by atoms with E-state index in [0.717, 1.165) is 18.7 Å². The van der Waals surface area contributed by atoms with Crippen LogP contribution in [0.2, 0.25) is 0 Å². The van der Waals surface area contributed by atoms with Crippen LogP contribution in [0.5, 0.6) is 5.75 Å². The third-order valence-corrected chi connectivity index (χ3v) is 2.15. The second-order valence-electron chi connectivity index (χ2n) is 3.19. The van der Waals surface area contributed by atoms with Gasteiger partial charge in [-0.15, -0.1) is 0 Å². The summed E-state index contributed by atoms with van der Waals surface area (Å²) in [5.74, 6) is 0.284. The minimum absolute atomic E-state index is 0.0498. The van der Waals surface area contributed by atoms with Crippen LogP contribution in [-0.4, -0.2) is 17.8 Å². The first-order valence-electron chi connectivity index (χ1n) is 4.34. The maximum Gasteiger partial charge on any atom is 0.115 e. The summed E-state index contributed by atoms with van der Waals surface area (Å²) < 4.78 is 0. The highest BCUT2D eigenvalue weighted by atomic mass is 16.3. The number of benzene rings is 1. The van der Waals surface area contributed by atoms with Crippen molar-refractivity contribution in [3.05, 3.63) is 24.3 Å². The maximum atomic E-state index is 9.09. The average Bonchev–Trinajstić information content (AvgIpc) is 2.53. The highest BCUT2D eigenvalue weighted by Gasteiger charge is 2.17. The van der Waals surface area contributed by atoms with Crippen LogP contribution in [0.3, 0.4) is 0 Å². The number of phenolic OH excluding ortho intramolecular Hbond substituents is 1. The molecule has 0 aromatic heterocycles. The van der Waals surface area contributed by atoms with Crippen LogP contribution in [0.4, 0.5) is 5.69 Å². The molecule has 1 heterocycles. The topological polar surface area (TPSA) is 61.5 Å². The molecular weight excluding hydrogens is 166 g/mol. The smallest absolute Gasteiger partial charge is 0.115 e. The number of nitrogens with one attached hydrogen (secondary N) is 1. The van der Waals surface area contributed by atoms with Gasteiger partial charge in [-0.2, -0.15) is 0 Å². The van der Waals surface area contributed by atoms with Crippen molar-refractivity contribution in [2.45, 2.75) is 12.6 Å². The number of aromatic hydroxyl groups is 1. The summed E-state index contributed by atoms with van der Waals surface area (Å²) >= 11 is 0. The van der Waals surface area contributed by atoms with Crippen molar-refractivity contribution in [1.82, 2.24) is 5.43 Å². The third kappa shape index (κ3) is 1.74. The fraction of sp³-hybridized carbons (Fsp3) is 0.333. The highest BCUT2D eigenvalue weighted by molar-refractivity contribution is 5.48. The Morgan fingerprint density at radius 1 is 1.38 bits per heavy atom. The summed E-state index contributed by atoms with van der Waals surface area (Å²) in [4.78, 5) is 0. The Bertz CT molecular complexity index is 285. The molecule has 2 rings (SSSR count). The molecule has 0 bridgehead atoms. The molecule has 4 N–H and O–H groups in total. The standard InChI is InChI=1S/C9H13N3O/c10-9-5-6-12(11-9)7-1-3-8(13)4-2-7/h1-4,9,11,13H,5-6,10H2. The van der Waals surface area contributed by atoms with Crippen LogP contribution in [0.25, 0.3) is 0 Å². The monoisotopic (exact) mass is 179 g/mol. The van der Waals surface area contributed by atoms with Crippen molar-refractivity contribution in [3.8, 4) is 5.75 Å². The quantitative estimate of drug-likeness (QED) is 0.583. The molecule has 1 unspecified atom stereocenters. The van der Waals surface area contributed by atoms with Crippen molar-refractivity contribution in [1.29, 1.82) is 0 Å². The molecular formula is C9H13N3O. The van der Waals surface area contributed by atoms with E-state index in [4.69, 9.17) is 10.8 Å². The predicted octanol–water partition coefficient (Wildman–Crippen LogP) is 0.392. The Balaban J connectivity index is 2.13. The first kappa shape index (κ1) is 8.34.